The average molecular weight is 343 g/mol. The first kappa shape index (κ1) is 14.8. The minimum absolute atomic E-state index is 0.0593. The molecule has 3 nitrogen and oxygen atoms in total. The van der Waals surface area contributed by atoms with Gasteiger partial charge in [-0.25, -0.2) is 8.78 Å². The summed E-state index contributed by atoms with van der Waals surface area (Å²) in [7, 11) is 0. The molecule has 0 aliphatic carbocycles. The van der Waals surface area contributed by atoms with Crippen molar-refractivity contribution in [3.8, 4) is 5.75 Å². The van der Waals surface area contributed by atoms with E-state index in [0.717, 1.165) is 6.07 Å². The molecule has 1 unspecified atom stereocenters. The van der Waals surface area contributed by atoms with Gasteiger partial charge in [0, 0.05) is 10.4 Å². The van der Waals surface area contributed by atoms with Crippen LogP contribution in [0.25, 0.3) is 0 Å². The van der Waals surface area contributed by atoms with Crippen LogP contribution in [0.4, 0.5) is 14.5 Å². The molecule has 0 bridgehead atoms. The molecule has 2 aromatic carbocycles. The third-order valence-electron chi connectivity index (χ3n) is 4.27. The number of phenols is 1. The fraction of sp³-hybridized carbons (Fsp3) is 0.0556. The molecule has 1 aromatic heterocycles. The highest BCUT2D eigenvalue weighted by Crippen LogP contribution is 2.50. The molecule has 4 rings (SSSR count). The first-order valence-electron chi connectivity index (χ1n) is 7.18. The van der Waals surface area contributed by atoms with Crippen LogP contribution < -0.4 is 5.32 Å². The number of benzene rings is 2. The van der Waals surface area contributed by atoms with Gasteiger partial charge in [-0.3, -0.25) is 4.79 Å². The Bertz CT molecular complexity index is 938. The first-order valence-corrected chi connectivity index (χ1v) is 8.06. The minimum atomic E-state index is -1.27. The van der Waals surface area contributed by atoms with Crippen LogP contribution in [0.1, 0.15) is 16.0 Å². The van der Waals surface area contributed by atoms with Crippen molar-refractivity contribution in [1.82, 2.24) is 0 Å². The van der Waals surface area contributed by atoms with Crippen LogP contribution in [-0.4, -0.2) is 11.0 Å². The number of hydrogen-bond donors (Lipinski definition) is 2. The van der Waals surface area contributed by atoms with E-state index >= 15 is 0 Å². The van der Waals surface area contributed by atoms with Crippen molar-refractivity contribution in [3.63, 3.8) is 0 Å². The molecule has 120 valence electrons. The van der Waals surface area contributed by atoms with Crippen molar-refractivity contribution in [2.45, 2.75) is 5.41 Å². The van der Waals surface area contributed by atoms with E-state index in [1.54, 1.807) is 24.3 Å². The van der Waals surface area contributed by atoms with E-state index in [9.17, 15) is 18.7 Å². The summed E-state index contributed by atoms with van der Waals surface area (Å²) in [6.07, 6.45) is 0. The summed E-state index contributed by atoms with van der Waals surface area (Å²) in [6, 6.07) is 12.2. The van der Waals surface area contributed by atoms with E-state index < -0.39 is 23.0 Å². The van der Waals surface area contributed by atoms with Gasteiger partial charge in [-0.1, -0.05) is 24.3 Å². The summed E-state index contributed by atoms with van der Waals surface area (Å²) >= 11 is 1.36. The van der Waals surface area contributed by atoms with E-state index in [2.05, 4.69) is 5.32 Å². The van der Waals surface area contributed by atoms with Crippen molar-refractivity contribution in [1.29, 1.82) is 0 Å². The molecular weight excluding hydrogens is 332 g/mol. The van der Waals surface area contributed by atoms with Gasteiger partial charge >= 0.3 is 0 Å². The van der Waals surface area contributed by atoms with Gasteiger partial charge in [0.15, 0.2) is 11.6 Å². The molecule has 1 amide bonds. The highest BCUT2D eigenvalue weighted by atomic mass is 32.1. The van der Waals surface area contributed by atoms with Crippen molar-refractivity contribution in [2.24, 2.45) is 0 Å². The molecule has 1 atom stereocenters. The molecule has 6 heteroatoms. The monoisotopic (exact) mass is 343 g/mol. The lowest BCUT2D eigenvalue weighted by Crippen LogP contribution is -2.36. The van der Waals surface area contributed by atoms with Gasteiger partial charge in [0.2, 0.25) is 5.91 Å². The zero-order valence-corrected chi connectivity index (χ0v) is 13.0. The van der Waals surface area contributed by atoms with Crippen LogP contribution in [0.3, 0.4) is 0 Å². The van der Waals surface area contributed by atoms with Gasteiger partial charge in [0.05, 0.1) is 5.69 Å². The van der Waals surface area contributed by atoms with Crippen molar-refractivity contribution >= 4 is 22.9 Å². The molecule has 1 aliphatic rings. The summed E-state index contributed by atoms with van der Waals surface area (Å²) in [5, 5.41) is 13.9. The molecule has 0 fully saturated rings. The Labute approximate surface area is 140 Å². The Balaban J connectivity index is 2.08. The number of phenolic OH excluding ortho intramolecular Hbond substituents is 1. The second-order valence-corrected chi connectivity index (χ2v) is 6.46. The quantitative estimate of drug-likeness (QED) is 0.738. The lowest BCUT2D eigenvalue weighted by atomic mass is 9.74. The van der Waals surface area contributed by atoms with Gasteiger partial charge in [0.25, 0.3) is 0 Å². The zero-order chi connectivity index (χ0) is 16.9. The van der Waals surface area contributed by atoms with E-state index in [0.29, 0.717) is 16.0 Å². The maximum atomic E-state index is 14.2. The Morgan fingerprint density at radius 3 is 2.46 bits per heavy atom. The molecule has 1 aliphatic heterocycles. The number of carbonyl (C=O) groups excluding carboxylic acids is 1. The van der Waals surface area contributed by atoms with Crippen LogP contribution in [0.2, 0.25) is 0 Å². The van der Waals surface area contributed by atoms with E-state index in [1.807, 2.05) is 5.38 Å². The standard InChI is InChI=1S/C18H11F2NO2S/c19-13-8-7-12-16(15(13)20)21-17(23)18(12,14-2-1-9-24-14)10-3-5-11(22)6-4-10/h1-9,22H,(H,21,23). The van der Waals surface area contributed by atoms with Crippen molar-refractivity contribution in [2.75, 3.05) is 5.32 Å². The first-order chi connectivity index (χ1) is 11.5. The number of amides is 1. The largest absolute Gasteiger partial charge is 0.508 e. The topological polar surface area (TPSA) is 49.3 Å². The number of aromatic hydroxyl groups is 1. The van der Waals surface area contributed by atoms with Crippen LogP contribution in [0, 0.1) is 11.6 Å². The van der Waals surface area contributed by atoms with Gasteiger partial charge in [-0.15, -0.1) is 11.3 Å². The van der Waals surface area contributed by atoms with Gasteiger partial charge < -0.3 is 10.4 Å². The molecule has 0 saturated carbocycles. The predicted octanol–water partition coefficient (Wildman–Crippen LogP) is 4.02. The lowest BCUT2D eigenvalue weighted by Gasteiger charge is -2.27. The SMILES string of the molecule is O=C1Nc2c(ccc(F)c2F)C1(c1ccc(O)cc1)c1cccs1. The van der Waals surface area contributed by atoms with E-state index in [-0.39, 0.29) is 11.4 Å². The highest BCUT2D eigenvalue weighted by molar-refractivity contribution is 7.10. The van der Waals surface area contributed by atoms with Crippen LogP contribution in [0.15, 0.2) is 53.9 Å². The molecule has 0 spiro atoms. The fourth-order valence-corrected chi connectivity index (χ4v) is 4.15. The molecule has 24 heavy (non-hydrogen) atoms. The number of halogens is 2. The molecule has 2 heterocycles. The maximum absolute atomic E-state index is 14.2. The summed E-state index contributed by atoms with van der Waals surface area (Å²) in [6.45, 7) is 0. The van der Waals surface area contributed by atoms with Gasteiger partial charge in [-0.2, -0.15) is 0 Å². The maximum Gasteiger partial charge on any atom is 0.245 e. The second kappa shape index (κ2) is 5.14. The van der Waals surface area contributed by atoms with Crippen LogP contribution >= 0.6 is 11.3 Å². The third kappa shape index (κ3) is 1.83. The number of hydrogen-bond acceptors (Lipinski definition) is 3. The number of nitrogens with one attached hydrogen (secondary N) is 1. The minimum Gasteiger partial charge on any atom is -0.508 e. The molecular formula is C18H11F2NO2S. The Hall–Kier alpha value is -2.73. The normalized spacial score (nSPS) is 19.2. The average Bonchev–Trinajstić information content (AvgIpc) is 3.19. The predicted molar refractivity (Wildman–Crippen MR) is 87.3 cm³/mol. The van der Waals surface area contributed by atoms with E-state index in [1.165, 1.54) is 29.5 Å². The molecule has 0 saturated heterocycles. The molecule has 0 radical (unpaired) electrons. The number of fused-ring (bicyclic) bond motifs is 1. The lowest BCUT2D eigenvalue weighted by molar-refractivity contribution is -0.118. The van der Waals surface area contributed by atoms with Crippen LogP contribution in [-0.2, 0) is 10.2 Å². The van der Waals surface area contributed by atoms with Crippen LogP contribution in [0.5, 0.6) is 5.75 Å². The summed E-state index contributed by atoms with van der Waals surface area (Å²) in [5.41, 5.74) is -0.475. The highest BCUT2D eigenvalue weighted by Gasteiger charge is 2.51. The number of carbonyl (C=O) groups is 1. The zero-order valence-electron chi connectivity index (χ0n) is 12.2. The van der Waals surface area contributed by atoms with Crippen molar-refractivity contribution in [3.05, 3.63) is 81.5 Å². The van der Waals surface area contributed by atoms with Gasteiger partial charge in [-0.05, 0) is 35.2 Å². The van der Waals surface area contributed by atoms with Crippen molar-refractivity contribution < 1.29 is 18.7 Å². The summed E-state index contributed by atoms with van der Waals surface area (Å²) in [5.74, 6) is -2.47. The molecule has 3 aromatic rings. The summed E-state index contributed by atoms with van der Waals surface area (Å²) < 4.78 is 27.8. The Kier molecular flexibility index (Phi) is 3.18. The number of thiophene rings is 1. The Morgan fingerprint density at radius 1 is 1.04 bits per heavy atom. The van der Waals surface area contributed by atoms with Gasteiger partial charge in [0.1, 0.15) is 11.2 Å². The third-order valence-corrected chi connectivity index (χ3v) is 5.26. The number of anilines is 1. The smallest absolute Gasteiger partial charge is 0.245 e. The second-order valence-electron chi connectivity index (χ2n) is 5.51. The summed E-state index contributed by atoms with van der Waals surface area (Å²) in [4.78, 5) is 13.6. The number of rotatable bonds is 2. The Morgan fingerprint density at radius 2 is 1.79 bits per heavy atom. The van der Waals surface area contributed by atoms with E-state index in [4.69, 9.17) is 0 Å². The molecule has 2 N–H and O–H groups in total. The fourth-order valence-electron chi connectivity index (χ4n) is 3.19.